The Balaban J connectivity index is 1.93. The summed E-state index contributed by atoms with van der Waals surface area (Å²) in [6.07, 6.45) is 2.58. The van der Waals surface area contributed by atoms with Crippen molar-refractivity contribution in [2.75, 3.05) is 0 Å². The molecule has 1 aliphatic carbocycles. The SMILES string of the molecule is Oc1ccc(-c2nc(C3CC3)cs2)cc1. The van der Waals surface area contributed by atoms with Crippen LogP contribution in [-0.4, -0.2) is 10.1 Å². The van der Waals surface area contributed by atoms with E-state index in [2.05, 4.69) is 10.4 Å². The molecule has 0 spiro atoms. The smallest absolute Gasteiger partial charge is 0.123 e. The molecule has 0 unspecified atom stereocenters. The van der Waals surface area contributed by atoms with Gasteiger partial charge in [-0.3, -0.25) is 0 Å². The lowest BCUT2D eigenvalue weighted by Gasteiger charge is -1.95. The number of aromatic hydroxyl groups is 1. The van der Waals surface area contributed by atoms with Crippen molar-refractivity contribution in [3.63, 3.8) is 0 Å². The number of rotatable bonds is 2. The number of hydrogen-bond donors (Lipinski definition) is 1. The van der Waals surface area contributed by atoms with Gasteiger partial charge in [-0.05, 0) is 37.1 Å². The maximum absolute atomic E-state index is 9.19. The van der Waals surface area contributed by atoms with E-state index in [-0.39, 0.29) is 0 Å². The Morgan fingerprint density at radius 2 is 1.93 bits per heavy atom. The summed E-state index contributed by atoms with van der Waals surface area (Å²) in [4.78, 5) is 4.61. The summed E-state index contributed by atoms with van der Waals surface area (Å²) in [5, 5.41) is 12.4. The van der Waals surface area contributed by atoms with Crippen molar-refractivity contribution in [1.29, 1.82) is 0 Å². The van der Waals surface area contributed by atoms with Gasteiger partial charge in [0.05, 0.1) is 5.69 Å². The molecular formula is C12H11NOS. The van der Waals surface area contributed by atoms with E-state index < -0.39 is 0 Å². The molecule has 1 saturated carbocycles. The first-order chi connectivity index (χ1) is 7.33. The van der Waals surface area contributed by atoms with Gasteiger partial charge in [0.1, 0.15) is 10.8 Å². The Morgan fingerprint density at radius 1 is 1.20 bits per heavy atom. The predicted molar refractivity (Wildman–Crippen MR) is 61.2 cm³/mol. The largest absolute Gasteiger partial charge is 0.508 e. The molecule has 1 aromatic carbocycles. The molecule has 0 radical (unpaired) electrons. The monoisotopic (exact) mass is 217 g/mol. The molecule has 0 amide bonds. The molecule has 3 heteroatoms. The van der Waals surface area contributed by atoms with Crippen molar-refractivity contribution in [3.05, 3.63) is 35.3 Å². The summed E-state index contributed by atoms with van der Waals surface area (Å²) < 4.78 is 0. The molecule has 1 heterocycles. The van der Waals surface area contributed by atoms with Gasteiger partial charge in [0.25, 0.3) is 0 Å². The van der Waals surface area contributed by atoms with Gasteiger partial charge in [-0.15, -0.1) is 11.3 Å². The number of aromatic nitrogens is 1. The molecule has 2 aromatic rings. The molecular weight excluding hydrogens is 206 g/mol. The number of nitrogens with zero attached hydrogens (tertiary/aromatic N) is 1. The van der Waals surface area contributed by atoms with Crippen LogP contribution < -0.4 is 0 Å². The van der Waals surface area contributed by atoms with E-state index in [1.807, 2.05) is 12.1 Å². The Bertz CT molecular complexity index is 471. The lowest BCUT2D eigenvalue weighted by Crippen LogP contribution is -1.79. The van der Waals surface area contributed by atoms with Crippen LogP contribution in [-0.2, 0) is 0 Å². The third kappa shape index (κ3) is 1.75. The average molecular weight is 217 g/mol. The quantitative estimate of drug-likeness (QED) is 0.836. The zero-order valence-corrected chi connectivity index (χ0v) is 9.00. The van der Waals surface area contributed by atoms with Crippen LogP contribution >= 0.6 is 11.3 Å². The van der Waals surface area contributed by atoms with Gasteiger partial charge in [-0.25, -0.2) is 4.98 Å². The zero-order valence-electron chi connectivity index (χ0n) is 8.18. The van der Waals surface area contributed by atoms with Crippen molar-refractivity contribution in [2.45, 2.75) is 18.8 Å². The molecule has 1 aliphatic rings. The van der Waals surface area contributed by atoms with E-state index in [9.17, 15) is 5.11 Å². The lowest BCUT2D eigenvalue weighted by atomic mass is 10.2. The normalized spacial score (nSPS) is 15.5. The van der Waals surface area contributed by atoms with E-state index >= 15 is 0 Å². The number of hydrogen-bond acceptors (Lipinski definition) is 3. The summed E-state index contributed by atoms with van der Waals surface area (Å²) >= 11 is 1.68. The van der Waals surface area contributed by atoms with Crippen LogP contribution in [0.3, 0.4) is 0 Å². The third-order valence-corrected chi connectivity index (χ3v) is 3.54. The Labute approximate surface area is 92.2 Å². The van der Waals surface area contributed by atoms with Crippen LogP contribution in [0.25, 0.3) is 10.6 Å². The minimum atomic E-state index is 0.303. The highest BCUT2D eigenvalue weighted by Gasteiger charge is 2.26. The minimum absolute atomic E-state index is 0.303. The fourth-order valence-electron chi connectivity index (χ4n) is 1.59. The first-order valence-corrected chi connectivity index (χ1v) is 5.96. The average Bonchev–Trinajstić information content (AvgIpc) is 2.99. The van der Waals surface area contributed by atoms with Crippen molar-refractivity contribution in [3.8, 4) is 16.3 Å². The van der Waals surface area contributed by atoms with Crippen LogP contribution in [0.4, 0.5) is 0 Å². The van der Waals surface area contributed by atoms with Crippen LogP contribution in [0.5, 0.6) is 5.75 Å². The zero-order chi connectivity index (χ0) is 10.3. The molecule has 2 nitrogen and oxygen atoms in total. The first kappa shape index (κ1) is 8.92. The maximum Gasteiger partial charge on any atom is 0.123 e. The number of benzene rings is 1. The van der Waals surface area contributed by atoms with Crippen LogP contribution in [0.15, 0.2) is 29.6 Å². The number of phenolic OH excluding ortho intramolecular Hbond substituents is 1. The number of thiazole rings is 1. The molecule has 0 atom stereocenters. The molecule has 3 rings (SSSR count). The van der Waals surface area contributed by atoms with Crippen LogP contribution in [0.2, 0.25) is 0 Å². The van der Waals surface area contributed by atoms with E-state index in [1.165, 1.54) is 18.5 Å². The lowest BCUT2D eigenvalue weighted by molar-refractivity contribution is 0.475. The summed E-state index contributed by atoms with van der Waals surface area (Å²) in [5.74, 6) is 1.02. The highest BCUT2D eigenvalue weighted by Crippen LogP contribution is 2.41. The predicted octanol–water partition coefficient (Wildman–Crippen LogP) is 3.39. The summed E-state index contributed by atoms with van der Waals surface area (Å²) in [6.45, 7) is 0. The molecule has 1 N–H and O–H groups in total. The maximum atomic E-state index is 9.19. The summed E-state index contributed by atoms with van der Waals surface area (Å²) in [7, 11) is 0. The minimum Gasteiger partial charge on any atom is -0.508 e. The van der Waals surface area contributed by atoms with Gasteiger partial charge >= 0.3 is 0 Å². The third-order valence-electron chi connectivity index (χ3n) is 2.63. The standard InChI is InChI=1S/C12H11NOS/c14-10-5-3-9(4-6-10)12-13-11(7-15-12)8-1-2-8/h3-8,14H,1-2H2. The van der Waals surface area contributed by atoms with E-state index in [1.54, 1.807) is 23.5 Å². The fourth-order valence-corrected chi connectivity index (χ4v) is 2.50. The topological polar surface area (TPSA) is 33.1 Å². The van der Waals surface area contributed by atoms with Crippen molar-refractivity contribution < 1.29 is 5.11 Å². The van der Waals surface area contributed by atoms with Crippen LogP contribution in [0.1, 0.15) is 24.5 Å². The van der Waals surface area contributed by atoms with Gasteiger partial charge in [-0.1, -0.05) is 0 Å². The second kappa shape index (κ2) is 3.35. The second-order valence-corrected chi connectivity index (χ2v) is 4.76. The summed E-state index contributed by atoms with van der Waals surface area (Å²) in [5.41, 5.74) is 2.33. The highest BCUT2D eigenvalue weighted by atomic mass is 32.1. The fraction of sp³-hybridized carbons (Fsp3) is 0.250. The molecule has 0 bridgehead atoms. The van der Waals surface area contributed by atoms with Gasteiger partial charge in [0.2, 0.25) is 0 Å². The van der Waals surface area contributed by atoms with Crippen molar-refractivity contribution in [1.82, 2.24) is 4.98 Å². The molecule has 76 valence electrons. The van der Waals surface area contributed by atoms with Gasteiger partial charge in [0.15, 0.2) is 0 Å². The summed E-state index contributed by atoms with van der Waals surface area (Å²) in [6, 6.07) is 7.22. The van der Waals surface area contributed by atoms with Crippen molar-refractivity contribution >= 4 is 11.3 Å². The second-order valence-electron chi connectivity index (χ2n) is 3.90. The first-order valence-electron chi connectivity index (χ1n) is 5.08. The van der Waals surface area contributed by atoms with Gasteiger partial charge in [0, 0.05) is 16.9 Å². The Morgan fingerprint density at radius 3 is 2.60 bits per heavy atom. The Hall–Kier alpha value is -1.35. The van der Waals surface area contributed by atoms with Gasteiger partial charge in [-0.2, -0.15) is 0 Å². The van der Waals surface area contributed by atoms with Crippen LogP contribution in [0, 0.1) is 0 Å². The van der Waals surface area contributed by atoms with E-state index in [0.717, 1.165) is 10.6 Å². The Kier molecular flexibility index (Phi) is 1.99. The van der Waals surface area contributed by atoms with E-state index in [4.69, 9.17) is 0 Å². The highest BCUT2D eigenvalue weighted by molar-refractivity contribution is 7.13. The number of phenols is 1. The molecule has 15 heavy (non-hydrogen) atoms. The molecule has 0 aliphatic heterocycles. The molecule has 1 fully saturated rings. The molecule has 0 saturated heterocycles. The van der Waals surface area contributed by atoms with E-state index in [0.29, 0.717) is 11.7 Å². The van der Waals surface area contributed by atoms with Crippen molar-refractivity contribution in [2.24, 2.45) is 0 Å². The van der Waals surface area contributed by atoms with Gasteiger partial charge < -0.3 is 5.11 Å². The molecule has 1 aromatic heterocycles.